The zero-order valence-corrected chi connectivity index (χ0v) is 18.4. The number of likely N-dealkylation sites (tertiary alicyclic amines) is 1. The molecule has 0 bridgehead atoms. The molecule has 1 saturated carbocycles. The van der Waals surface area contributed by atoms with Crippen LogP contribution in [0.5, 0.6) is 5.75 Å². The van der Waals surface area contributed by atoms with Crippen LogP contribution in [-0.4, -0.2) is 48.2 Å². The molecule has 0 amide bonds. The van der Waals surface area contributed by atoms with E-state index in [9.17, 15) is 4.39 Å². The molecule has 0 radical (unpaired) electrons. The average molecular weight is 416 g/mol. The van der Waals surface area contributed by atoms with Crippen molar-refractivity contribution in [2.24, 2.45) is 10.4 Å². The van der Waals surface area contributed by atoms with Crippen molar-refractivity contribution in [1.82, 2.24) is 10.2 Å². The van der Waals surface area contributed by atoms with Gasteiger partial charge in [-0.3, -0.25) is 4.99 Å². The Kier molecular flexibility index (Phi) is 5.90. The molecule has 30 heavy (non-hydrogen) atoms. The van der Waals surface area contributed by atoms with Crippen LogP contribution in [0.2, 0.25) is 0 Å². The molecule has 1 atom stereocenters. The highest BCUT2D eigenvalue weighted by Crippen LogP contribution is 2.50. The first-order valence-electron chi connectivity index (χ1n) is 11.1. The second-order valence-electron chi connectivity index (χ2n) is 10.0. The van der Waals surface area contributed by atoms with Crippen molar-refractivity contribution in [2.75, 3.05) is 19.6 Å². The molecule has 2 heterocycles. The van der Waals surface area contributed by atoms with Gasteiger partial charge in [0.05, 0.1) is 17.9 Å². The van der Waals surface area contributed by atoms with Crippen LogP contribution in [0.25, 0.3) is 0 Å². The molecule has 1 N–H and O–H groups in total. The van der Waals surface area contributed by atoms with Gasteiger partial charge in [-0.05, 0) is 77.1 Å². The van der Waals surface area contributed by atoms with Crippen molar-refractivity contribution >= 4 is 6.21 Å². The Morgan fingerprint density at radius 1 is 1.20 bits per heavy atom. The fourth-order valence-electron chi connectivity index (χ4n) is 4.90. The first kappa shape index (κ1) is 21.3. The maximum absolute atomic E-state index is 13.8. The third-order valence-electron chi connectivity index (χ3n) is 6.43. The zero-order valence-electron chi connectivity index (χ0n) is 18.4. The lowest BCUT2D eigenvalue weighted by Gasteiger charge is -2.52. The Morgan fingerprint density at radius 3 is 2.57 bits per heavy atom. The first-order chi connectivity index (χ1) is 14.3. The molecule has 1 aromatic rings. The number of hydrogen-bond acceptors (Lipinski definition) is 5. The van der Waals surface area contributed by atoms with E-state index in [1.54, 1.807) is 18.3 Å². The molecular formula is C24H34FN3O2. The van der Waals surface area contributed by atoms with E-state index in [0.29, 0.717) is 11.2 Å². The summed E-state index contributed by atoms with van der Waals surface area (Å²) in [5, 5.41) is 3.37. The van der Waals surface area contributed by atoms with Gasteiger partial charge in [-0.15, -0.1) is 0 Å². The number of nitrogens with zero attached hydrogens (tertiary/aromatic N) is 2. The quantitative estimate of drug-likeness (QED) is 0.743. The molecular weight excluding hydrogens is 381 g/mol. The third-order valence-corrected chi connectivity index (χ3v) is 6.43. The van der Waals surface area contributed by atoms with Gasteiger partial charge < -0.3 is 19.7 Å². The van der Waals surface area contributed by atoms with Crippen molar-refractivity contribution in [1.29, 1.82) is 0 Å². The summed E-state index contributed by atoms with van der Waals surface area (Å²) in [6, 6.07) is 6.70. The Hall–Kier alpha value is -1.92. The number of nitrogens with one attached hydrogen (secondary N) is 1. The number of aliphatic imine (C=N–C) groups is 1. The fourth-order valence-corrected chi connectivity index (χ4v) is 4.90. The Bertz CT molecular complexity index is 788. The second kappa shape index (κ2) is 8.31. The van der Waals surface area contributed by atoms with Crippen molar-refractivity contribution < 1.29 is 13.9 Å². The van der Waals surface area contributed by atoms with E-state index in [0.717, 1.165) is 38.9 Å². The van der Waals surface area contributed by atoms with Gasteiger partial charge in [-0.2, -0.15) is 0 Å². The van der Waals surface area contributed by atoms with E-state index in [-0.39, 0.29) is 17.5 Å². The molecule has 5 nitrogen and oxygen atoms in total. The van der Waals surface area contributed by atoms with Gasteiger partial charge in [0.2, 0.25) is 0 Å². The summed E-state index contributed by atoms with van der Waals surface area (Å²) < 4.78 is 26.0. The third kappa shape index (κ3) is 5.03. The molecule has 2 fully saturated rings. The molecule has 0 aromatic heterocycles. The molecule has 4 rings (SSSR count). The summed E-state index contributed by atoms with van der Waals surface area (Å²) in [5.74, 6) is 0.115. The van der Waals surface area contributed by atoms with Crippen molar-refractivity contribution in [3.63, 3.8) is 0 Å². The van der Waals surface area contributed by atoms with Crippen LogP contribution >= 0.6 is 0 Å². The molecule has 164 valence electrons. The first-order valence-corrected chi connectivity index (χ1v) is 11.1. The fraction of sp³-hybridized carbons (Fsp3) is 0.625. The number of rotatable bonds is 6. The van der Waals surface area contributed by atoms with Gasteiger partial charge in [0.1, 0.15) is 0 Å². The van der Waals surface area contributed by atoms with Gasteiger partial charge in [-0.25, -0.2) is 4.39 Å². The second-order valence-corrected chi connectivity index (χ2v) is 10.0. The summed E-state index contributed by atoms with van der Waals surface area (Å²) in [7, 11) is 0. The molecule has 1 aliphatic carbocycles. The minimum Gasteiger partial charge on any atom is -0.487 e. The van der Waals surface area contributed by atoms with Crippen LogP contribution in [0.4, 0.5) is 4.39 Å². The molecule has 1 aromatic carbocycles. The van der Waals surface area contributed by atoms with Crippen LogP contribution in [-0.2, 0) is 4.74 Å². The lowest BCUT2D eigenvalue weighted by atomic mass is 9.61. The zero-order chi connectivity index (χ0) is 21.2. The van der Waals surface area contributed by atoms with Crippen molar-refractivity contribution in [3.05, 3.63) is 42.5 Å². The molecule has 1 saturated heterocycles. The minimum atomic E-state index is -0.544. The van der Waals surface area contributed by atoms with Gasteiger partial charge in [0.15, 0.2) is 17.3 Å². The van der Waals surface area contributed by atoms with E-state index in [2.05, 4.69) is 36.0 Å². The lowest BCUT2D eigenvalue weighted by Crippen LogP contribution is -2.55. The number of ether oxygens (including phenoxy) is 2. The maximum atomic E-state index is 13.8. The van der Waals surface area contributed by atoms with Crippen LogP contribution in [0, 0.1) is 11.2 Å². The highest BCUT2D eigenvalue weighted by atomic mass is 19.1. The molecule has 2 aliphatic heterocycles. The van der Waals surface area contributed by atoms with E-state index in [1.165, 1.54) is 18.9 Å². The summed E-state index contributed by atoms with van der Waals surface area (Å²) in [6.07, 6.45) is 10.9. The molecule has 3 aliphatic rings. The predicted octanol–water partition coefficient (Wildman–Crippen LogP) is 4.50. The summed E-state index contributed by atoms with van der Waals surface area (Å²) in [4.78, 5) is 6.85. The number of benzene rings is 1. The monoisotopic (exact) mass is 415 g/mol. The van der Waals surface area contributed by atoms with Crippen molar-refractivity contribution in [3.8, 4) is 5.75 Å². The van der Waals surface area contributed by atoms with Gasteiger partial charge in [-0.1, -0.05) is 12.1 Å². The normalized spacial score (nSPS) is 26.4. The van der Waals surface area contributed by atoms with Crippen molar-refractivity contribution in [2.45, 2.75) is 70.3 Å². The van der Waals surface area contributed by atoms with Crippen LogP contribution in [0.15, 0.2) is 41.7 Å². The maximum Gasteiger partial charge on any atom is 0.176 e. The Morgan fingerprint density at radius 2 is 1.93 bits per heavy atom. The average Bonchev–Trinajstić information content (AvgIpc) is 2.67. The van der Waals surface area contributed by atoms with E-state index < -0.39 is 5.72 Å². The summed E-state index contributed by atoms with van der Waals surface area (Å²) >= 11 is 0. The largest absolute Gasteiger partial charge is 0.487 e. The summed E-state index contributed by atoms with van der Waals surface area (Å²) in [6.45, 7) is 9.36. The van der Waals surface area contributed by atoms with E-state index in [4.69, 9.17) is 9.47 Å². The highest BCUT2D eigenvalue weighted by molar-refractivity contribution is 5.70. The number of halogens is 1. The number of hydrogen-bond donors (Lipinski definition) is 1. The van der Waals surface area contributed by atoms with E-state index >= 15 is 0 Å². The van der Waals surface area contributed by atoms with Gasteiger partial charge in [0, 0.05) is 25.4 Å². The van der Waals surface area contributed by atoms with Crippen LogP contribution < -0.4 is 10.1 Å². The van der Waals surface area contributed by atoms with E-state index in [1.807, 2.05) is 18.5 Å². The van der Waals surface area contributed by atoms with Gasteiger partial charge >= 0.3 is 0 Å². The summed E-state index contributed by atoms with van der Waals surface area (Å²) in [5.41, 5.74) is -0.425. The minimum absolute atomic E-state index is 0.145. The number of piperidine rings is 1. The molecule has 1 unspecified atom stereocenters. The Labute approximate surface area is 179 Å². The van der Waals surface area contributed by atoms with Crippen LogP contribution in [0.1, 0.15) is 52.9 Å². The predicted molar refractivity (Wildman–Crippen MR) is 117 cm³/mol. The standard InChI is InChI=1S/C24H34FN3O2/c1-22(2,3)30-24(18-26-11-12-27-24)10-15-28-13-8-23(9-14-28)16-19(17-23)29-21-7-5-4-6-20(21)25/h4-7,11-12,18-19,27H,8-10,13-17H2,1-3H3. The lowest BCUT2D eigenvalue weighted by molar-refractivity contribution is -0.111. The topological polar surface area (TPSA) is 46.1 Å². The Balaban J connectivity index is 1.24. The smallest absolute Gasteiger partial charge is 0.176 e. The van der Waals surface area contributed by atoms with Gasteiger partial charge in [0.25, 0.3) is 0 Å². The highest BCUT2D eigenvalue weighted by Gasteiger charge is 2.47. The SMILES string of the molecule is CC(C)(C)OC1(CCN2CCC3(CC2)CC(Oc2ccccc2F)C3)C=NC=CN1. The number of para-hydroxylation sites is 1. The van der Waals surface area contributed by atoms with Crippen LogP contribution in [0.3, 0.4) is 0 Å². The molecule has 1 spiro atoms. The molecule has 6 heteroatoms.